The summed E-state index contributed by atoms with van der Waals surface area (Å²) in [5.74, 6) is 1.42. The Morgan fingerprint density at radius 3 is 2.27 bits per heavy atom. The molecule has 7 heteroatoms. The Bertz CT molecular complexity index is 1020. The van der Waals surface area contributed by atoms with Gasteiger partial charge in [0, 0.05) is 11.3 Å². The van der Waals surface area contributed by atoms with Crippen LogP contribution in [0.15, 0.2) is 72.8 Å². The number of hydrogen-bond donors (Lipinski definition) is 1. The van der Waals surface area contributed by atoms with Gasteiger partial charge in [0.05, 0.1) is 14.2 Å². The van der Waals surface area contributed by atoms with E-state index < -0.39 is 5.97 Å². The lowest BCUT2D eigenvalue weighted by Gasteiger charge is -2.11. The van der Waals surface area contributed by atoms with E-state index in [0.717, 1.165) is 0 Å². The molecule has 0 spiro atoms. The predicted octanol–water partition coefficient (Wildman–Crippen LogP) is 4.29. The molecule has 3 rings (SSSR count). The first kappa shape index (κ1) is 20.7. The Balaban J connectivity index is 1.62. The van der Waals surface area contributed by atoms with E-state index in [1.807, 2.05) is 24.3 Å². The maximum atomic E-state index is 12.5. The monoisotopic (exact) mass is 407 g/mol. The first-order valence-electron chi connectivity index (χ1n) is 9.11. The number of methoxy groups -OCH3 is 2. The van der Waals surface area contributed by atoms with Crippen LogP contribution < -0.4 is 19.5 Å². The van der Waals surface area contributed by atoms with Gasteiger partial charge >= 0.3 is 5.97 Å². The van der Waals surface area contributed by atoms with Crippen LogP contribution in [-0.4, -0.2) is 32.7 Å². The molecule has 7 nitrogen and oxygen atoms in total. The summed E-state index contributed by atoms with van der Waals surface area (Å²) in [5.41, 5.74) is 1.000. The molecule has 0 aliphatic rings. The third-order valence-electron chi connectivity index (χ3n) is 4.09. The van der Waals surface area contributed by atoms with Gasteiger partial charge in [0.25, 0.3) is 5.91 Å². The minimum Gasteiger partial charge on any atom is -0.493 e. The summed E-state index contributed by atoms with van der Waals surface area (Å²) < 4.78 is 20.9. The number of amides is 1. The van der Waals surface area contributed by atoms with Gasteiger partial charge in [-0.1, -0.05) is 18.2 Å². The number of anilines is 1. The van der Waals surface area contributed by atoms with E-state index in [-0.39, 0.29) is 12.5 Å². The molecule has 0 aromatic heterocycles. The van der Waals surface area contributed by atoms with Crippen molar-refractivity contribution in [2.75, 3.05) is 26.1 Å². The van der Waals surface area contributed by atoms with Crippen molar-refractivity contribution in [2.24, 2.45) is 0 Å². The number of carbonyl (C=O) groups excluding carboxylic acids is 2. The lowest BCUT2D eigenvalue weighted by Crippen LogP contribution is -2.14. The molecular weight excluding hydrogens is 386 g/mol. The van der Waals surface area contributed by atoms with Gasteiger partial charge in [-0.25, -0.2) is 4.79 Å². The van der Waals surface area contributed by atoms with Gasteiger partial charge in [0.1, 0.15) is 11.5 Å². The second-order valence-electron chi connectivity index (χ2n) is 6.12. The van der Waals surface area contributed by atoms with Crippen molar-refractivity contribution in [3.05, 3.63) is 78.4 Å². The number of esters is 1. The molecule has 0 aliphatic heterocycles. The number of nitrogens with one attached hydrogen (secondary N) is 1. The van der Waals surface area contributed by atoms with E-state index in [9.17, 15) is 9.59 Å². The molecule has 3 aromatic carbocycles. The molecule has 0 unspecified atom stereocenters. The largest absolute Gasteiger partial charge is 0.493 e. The minimum atomic E-state index is -0.500. The van der Waals surface area contributed by atoms with E-state index in [1.165, 1.54) is 7.11 Å². The van der Waals surface area contributed by atoms with Crippen molar-refractivity contribution >= 4 is 17.6 Å². The molecule has 0 fully saturated rings. The Labute approximate surface area is 174 Å². The molecule has 1 amide bonds. The smallest absolute Gasteiger partial charge is 0.343 e. The number of hydrogen-bond acceptors (Lipinski definition) is 6. The fraction of sp³-hybridized carbons (Fsp3) is 0.130. The molecule has 0 saturated carbocycles. The Morgan fingerprint density at radius 2 is 1.57 bits per heavy atom. The van der Waals surface area contributed by atoms with Crippen LogP contribution in [0.5, 0.6) is 23.0 Å². The standard InChI is InChI=1S/C23H21NO6/c1-27-20-8-3-4-9-21(20)30-18-12-10-17(11-13-18)24-23(26)16-6-5-7-19(14-16)29-15-22(25)28-2/h3-14H,15H2,1-2H3,(H,24,26). The summed E-state index contributed by atoms with van der Waals surface area (Å²) in [4.78, 5) is 23.7. The highest BCUT2D eigenvalue weighted by Gasteiger charge is 2.10. The quantitative estimate of drug-likeness (QED) is 0.561. The van der Waals surface area contributed by atoms with E-state index in [2.05, 4.69) is 10.1 Å². The molecule has 0 saturated heterocycles. The fourth-order valence-corrected chi connectivity index (χ4v) is 2.57. The predicted molar refractivity (Wildman–Crippen MR) is 111 cm³/mol. The second-order valence-corrected chi connectivity index (χ2v) is 6.12. The van der Waals surface area contributed by atoms with Gasteiger partial charge in [-0.15, -0.1) is 0 Å². The van der Waals surface area contributed by atoms with Crippen LogP contribution in [0.1, 0.15) is 10.4 Å². The molecule has 0 heterocycles. The van der Waals surface area contributed by atoms with Gasteiger partial charge in [0.15, 0.2) is 18.1 Å². The summed E-state index contributed by atoms with van der Waals surface area (Å²) in [6.07, 6.45) is 0. The average molecular weight is 407 g/mol. The minimum absolute atomic E-state index is 0.227. The highest BCUT2D eigenvalue weighted by molar-refractivity contribution is 6.04. The van der Waals surface area contributed by atoms with E-state index in [0.29, 0.717) is 34.2 Å². The normalized spacial score (nSPS) is 10.1. The molecule has 0 atom stereocenters. The Hall–Kier alpha value is -4.00. The molecule has 0 bridgehead atoms. The van der Waals surface area contributed by atoms with Crippen molar-refractivity contribution in [3.8, 4) is 23.0 Å². The zero-order valence-electron chi connectivity index (χ0n) is 16.6. The number of ether oxygens (including phenoxy) is 4. The molecule has 1 N–H and O–H groups in total. The topological polar surface area (TPSA) is 83.1 Å². The van der Waals surface area contributed by atoms with Gasteiger partial charge in [0.2, 0.25) is 0 Å². The highest BCUT2D eigenvalue weighted by Crippen LogP contribution is 2.31. The zero-order chi connectivity index (χ0) is 21.3. The maximum Gasteiger partial charge on any atom is 0.343 e. The van der Waals surface area contributed by atoms with Crippen LogP contribution in [-0.2, 0) is 9.53 Å². The number of carbonyl (C=O) groups is 2. The number of para-hydroxylation sites is 2. The van der Waals surface area contributed by atoms with Crippen molar-refractivity contribution in [2.45, 2.75) is 0 Å². The van der Waals surface area contributed by atoms with Crippen molar-refractivity contribution < 1.29 is 28.5 Å². The van der Waals surface area contributed by atoms with Crippen LogP contribution in [0.25, 0.3) is 0 Å². The third kappa shape index (κ3) is 5.51. The second kappa shape index (κ2) is 9.97. The molecular formula is C23H21NO6. The first-order chi connectivity index (χ1) is 14.6. The van der Waals surface area contributed by atoms with Gasteiger partial charge < -0.3 is 24.3 Å². The van der Waals surface area contributed by atoms with E-state index >= 15 is 0 Å². The average Bonchev–Trinajstić information content (AvgIpc) is 2.79. The van der Waals surface area contributed by atoms with E-state index in [4.69, 9.17) is 14.2 Å². The number of rotatable bonds is 8. The SMILES string of the molecule is COC(=O)COc1cccc(C(=O)Nc2ccc(Oc3ccccc3OC)cc2)c1. The van der Waals surface area contributed by atoms with Gasteiger partial charge in [-0.2, -0.15) is 0 Å². The lowest BCUT2D eigenvalue weighted by molar-refractivity contribution is -0.142. The maximum absolute atomic E-state index is 12.5. The Kier molecular flexibility index (Phi) is 6.89. The molecule has 3 aromatic rings. The van der Waals surface area contributed by atoms with Gasteiger partial charge in [-0.3, -0.25) is 4.79 Å². The van der Waals surface area contributed by atoms with Crippen LogP contribution in [0.2, 0.25) is 0 Å². The van der Waals surface area contributed by atoms with Crippen molar-refractivity contribution in [1.29, 1.82) is 0 Å². The van der Waals surface area contributed by atoms with Crippen LogP contribution in [0.3, 0.4) is 0 Å². The summed E-state index contributed by atoms with van der Waals surface area (Å²) in [7, 11) is 2.86. The zero-order valence-corrected chi connectivity index (χ0v) is 16.6. The summed E-state index contributed by atoms with van der Waals surface area (Å²) in [5, 5.41) is 2.81. The first-order valence-corrected chi connectivity index (χ1v) is 9.11. The fourth-order valence-electron chi connectivity index (χ4n) is 2.57. The summed E-state index contributed by atoms with van der Waals surface area (Å²) in [6, 6.07) is 20.8. The molecule has 0 radical (unpaired) electrons. The summed E-state index contributed by atoms with van der Waals surface area (Å²) in [6.45, 7) is -0.227. The van der Waals surface area contributed by atoms with Gasteiger partial charge in [-0.05, 0) is 54.6 Å². The van der Waals surface area contributed by atoms with E-state index in [1.54, 1.807) is 55.6 Å². The Morgan fingerprint density at radius 1 is 0.833 bits per heavy atom. The van der Waals surface area contributed by atoms with Crippen molar-refractivity contribution in [1.82, 2.24) is 0 Å². The van der Waals surface area contributed by atoms with Crippen LogP contribution in [0, 0.1) is 0 Å². The molecule has 30 heavy (non-hydrogen) atoms. The van der Waals surface area contributed by atoms with Crippen LogP contribution >= 0.6 is 0 Å². The highest BCUT2D eigenvalue weighted by atomic mass is 16.6. The molecule has 154 valence electrons. The lowest BCUT2D eigenvalue weighted by atomic mass is 10.2. The van der Waals surface area contributed by atoms with Crippen molar-refractivity contribution in [3.63, 3.8) is 0 Å². The molecule has 0 aliphatic carbocycles. The van der Waals surface area contributed by atoms with Crippen LogP contribution in [0.4, 0.5) is 5.69 Å². The number of benzene rings is 3. The summed E-state index contributed by atoms with van der Waals surface area (Å²) >= 11 is 0. The third-order valence-corrected chi connectivity index (χ3v) is 4.09.